The van der Waals surface area contributed by atoms with Crippen LogP contribution in [0.3, 0.4) is 0 Å². The van der Waals surface area contributed by atoms with Crippen LogP contribution in [0.25, 0.3) is 0 Å². The molecule has 1 saturated carbocycles. The molecule has 1 aromatic carbocycles. The Morgan fingerprint density at radius 3 is 2.72 bits per heavy atom. The molecular weight excluding hydrogens is 226 g/mol. The molecule has 1 fully saturated rings. The van der Waals surface area contributed by atoms with Crippen molar-refractivity contribution in [3.8, 4) is 0 Å². The van der Waals surface area contributed by atoms with E-state index in [0.29, 0.717) is 12.5 Å². The number of urea groups is 1. The first-order chi connectivity index (χ1) is 8.78. The number of carbonyl (C=O) groups is 1. The third-order valence-electron chi connectivity index (χ3n) is 3.51. The van der Waals surface area contributed by atoms with E-state index in [1.165, 1.54) is 0 Å². The predicted molar refractivity (Wildman–Crippen MR) is 72.0 cm³/mol. The Bertz CT molecular complexity index is 380. The Hall–Kier alpha value is -1.55. The molecule has 0 radical (unpaired) electrons. The minimum atomic E-state index is -0.0819. The van der Waals surface area contributed by atoms with E-state index in [9.17, 15) is 4.79 Å². The molecule has 0 aliphatic heterocycles. The summed E-state index contributed by atoms with van der Waals surface area (Å²) < 4.78 is 0. The van der Waals surface area contributed by atoms with Crippen molar-refractivity contribution in [1.29, 1.82) is 0 Å². The van der Waals surface area contributed by atoms with Crippen molar-refractivity contribution in [2.45, 2.75) is 31.8 Å². The Morgan fingerprint density at radius 2 is 2.06 bits per heavy atom. The maximum atomic E-state index is 11.7. The highest BCUT2D eigenvalue weighted by Crippen LogP contribution is 2.24. The van der Waals surface area contributed by atoms with Crippen molar-refractivity contribution in [3.63, 3.8) is 0 Å². The number of hydrogen-bond acceptors (Lipinski definition) is 2. The van der Waals surface area contributed by atoms with Crippen LogP contribution in [0, 0.1) is 5.92 Å². The average Bonchev–Trinajstić information content (AvgIpc) is 2.85. The molecule has 1 aromatic rings. The van der Waals surface area contributed by atoms with Gasteiger partial charge in [-0.3, -0.25) is 0 Å². The maximum absolute atomic E-state index is 11.7. The van der Waals surface area contributed by atoms with Gasteiger partial charge in [0.05, 0.1) is 0 Å². The third-order valence-corrected chi connectivity index (χ3v) is 3.51. The number of amides is 2. The van der Waals surface area contributed by atoms with Gasteiger partial charge in [0.15, 0.2) is 0 Å². The summed E-state index contributed by atoms with van der Waals surface area (Å²) in [5.74, 6) is 0.574. The summed E-state index contributed by atoms with van der Waals surface area (Å²) >= 11 is 0. The maximum Gasteiger partial charge on any atom is 0.315 e. The van der Waals surface area contributed by atoms with Crippen molar-refractivity contribution in [2.75, 3.05) is 6.54 Å². The van der Waals surface area contributed by atoms with Crippen LogP contribution in [0.4, 0.5) is 4.79 Å². The molecule has 98 valence electrons. The van der Waals surface area contributed by atoms with Gasteiger partial charge < -0.3 is 16.4 Å². The van der Waals surface area contributed by atoms with E-state index in [-0.39, 0.29) is 12.1 Å². The van der Waals surface area contributed by atoms with E-state index < -0.39 is 0 Å². The summed E-state index contributed by atoms with van der Waals surface area (Å²) in [6.07, 6.45) is 3.18. The monoisotopic (exact) mass is 247 g/mol. The molecule has 4 N–H and O–H groups in total. The standard InChI is InChI=1S/C14H21N3O/c15-9-12-6-7-13(8-12)17-14(18)16-10-11-4-2-1-3-5-11/h1-5,12-13H,6-10,15H2,(H2,16,17,18). The molecule has 2 rings (SSSR count). The SMILES string of the molecule is NCC1CCC(NC(=O)NCc2ccccc2)C1. The molecule has 0 heterocycles. The second-order valence-electron chi connectivity index (χ2n) is 4.92. The summed E-state index contributed by atoms with van der Waals surface area (Å²) in [5, 5.41) is 5.89. The lowest BCUT2D eigenvalue weighted by atomic mass is 10.1. The zero-order valence-electron chi connectivity index (χ0n) is 10.6. The molecule has 0 saturated heterocycles. The molecule has 0 spiro atoms. The number of nitrogens with two attached hydrogens (primary N) is 1. The normalized spacial score (nSPS) is 22.7. The Kier molecular flexibility index (Phi) is 4.59. The van der Waals surface area contributed by atoms with Crippen LogP contribution in [0.2, 0.25) is 0 Å². The van der Waals surface area contributed by atoms with Crippen LogP contribution >= 0.6 is 0 Å². The largest absolute Gasteiger partial charge is 0.335 e. The van der Waals surface area contributed by atoms with E-state index in [4.69, 9.17) is 5.73 Å². The van der Waals surface area contributed by atoms with Crippen LogP contribution in [-0.2, 0) is 6.54 Å². The fourth-order valence-electron chi connectivity index (χ4n) is 2.43. The summed E-state index contributed by atoms with van der Waals surface area (Å²) in [7, 11) is 0. The molecular formula is C14H21N3O. The molecule has 18 heavy (non-hydrogen) atoms. The molecule has 4 nitrogen and oxygen atoms in total. The van der Waals surface area contributed by atoms with E-state index in [1.807, 2.05) is 30.3 Å². The lowest BCUT2D eigenvalue weighted by molar-refractivity contribution is 0.236. The summed E-state index contributed by atoms with van der Waals surface area (Å²) in [4.78, 5) is 11.7. The van der Waals surface area contributed by atoms with Gasteiger partial charge in [0.25, 0.3) is 0 Å². The van der Waals surface area contributed by atoms with Crippen molar-refractivity contribution in [2.24, 2.45) is 11.7 Å². The van der Waals surface area contributed by atoms with E-state index in [2.05, 4.69) is 10.6 Å². The molecule has 1 aliphatic rings. The fourth-order valence-corrected chi connectivity index (χ4v) is 2.43. The van der Waals surface area contributed by atoms with Crippen LogP contribution in [0.15, 0.2) is 30.3 Å². The Labute approximate surface area is 108 Å². The molecule has 2 atom stereocenters. The average molecular weight is 247 g/mol. The molecule has 1 aliphatic carbocycles. The number of nitrogens with one attached hydrogen (secondary N) is 2. The number of benzene rings is 1. The van der Waals surface area contributed by atoms with Crippen molar-refractivity contribution in [1.82, 2.24) is 10.6 Å². The van der Waals surface area contributed by atoms with Gasteiger partial charge in [-0.15, -0.1) is 0 Å². The minimum Gasteiger partial charge on any atom is -0.335 e. The van der Waals surface area contributed by atoms with Crippen molar-refractivity contribution >= 4 is 6.03 Å². The topological polar surface area (TPSA) is 67.1 Å². The first kappa shape index (κ1) is 12.9. The van der Waals surface area contributed by atoms with Gasteiger partial charge in [0, 0.05) is 12.6 Å². The van der Waals surface area contributed by atoms with Crippen molar-refractivity contribution in [3.05, 3.63) is 35.9 Å². The Morgan fingerprint density at radius 1 is 1.28 bits per heavy atom. The molecule has 4 heteroatoms. The highest BCUT2D eigenvalue weighted by molar-refractivity contribution is 5.74. The van der Waals surface area contributed by atoms with Gasteiger partial charge in [-0.25, -0.2) is 4.79 Å². The van der Waals surface area contributed by atoms with Crippen molar-refractivity contribution < 1.29 is 4.79 Å². The zero-order valence-corrected chi connectivity index (χ0v) is 10.6. The highest BCUT2D eigenvalue weighted by atomic mass is 16.2. The number of hydrogen-bond donors (Lipinski definition) is 3. The molecule has 2 unspecified atom stereocenters. The first-order valence-corrected chi connectivity index (χ1v) is 6.56. The van der Waals surface area contributed by atoms with Gasteiger partial charge >= 0.3 is 6.03 Å². The number of carbonyl (C=O) groups excluding carboxylic acids is 1. The van der Waals surface area contributed by atoms with Gasteiger partial charge in [-0.05, 0) is 37.3 Å². The van der Waals surface area contributed by atoms with Gasteiger partial charge in [-0.1, -0.05) is 30.3 Å². The van der Waals surface area contributed by atoms with Gasteiger partial charge in [0.2, 0.25) is 0 Å². The zero-order chi connectivity index (χ0) is 12.8. The minimum absolute atomic E-state index is 0.0819. The van der Waals surface area contributed by atoms with E-state index in [0.717, 1.165) is 31.4 Å². The molecule has 0 aromatic heterocycles. The first-order valence-electron chi connectivity index (χ1n) is 6.56. The Balaban J connectivity index is 1.70. The van der Waals surface area contributed by atoms with E-state index >= 15 is 0 Å². The van der Waals surface area contributed by atoms with Crippen LogP contribution in [0.5, 0.6) is 0 Å². The van der Waals surface area contributed by atoms with Gasteiger partial charge in [0.1, 0.15) is 0 Å². The lowest BCUT2D eigenvalue weighted by Gasteiger charge is -2.13. The molecule has 0 bridgehead atoms. The predicted octanol–water partition coefficient (Wildman–Crippen LogP) is 1.61. The summed E-state index contributed by atoms with van der Waals surface area (Å²) in [6, 6.07) is 10.1. The summed E-state index contributed by atoms with van der Waals surface area (Å²) in [6.45, 7) is 1.30. The smallest absolute Gasteiger partial charge is 0.315 e. The summed E-state index contributed by atoms with van der Waals surface area (Å²) in [5.41, 5.74) is 6.74. The lowest BCUT2D eigenvalue weighted by Crippen LogP contribution is -2.40. The fraction of sp³-hybridized carbons (Fsp3) is 0.500. The van der Waals surface area contributed by atoms with Crippen LogP contribution in [-0.4, -0.2) is 18.6 Å². The molecule has 2 amide bonds. The number of rotatable bonds is 4. The highest BCUT2D eigenvalue weighted by Gasteiger charge is 2.24. The van der Waals surface area contributed by atoms with E-state index in [1.54, 1.807) is 0 Å². The van der Waals surface area contributed by atoms with Gasteiger partial charge in [-0.2, -0.15) is 0 Å². The quantitative estimate of drug-likeness (QED) is 0.756. The third kappa shape index (κ3) is 3.74. The van der Waals surface area contributed by atoms with Crippen LogP contribution in [0.1, 0.15) is 24.8 Å². The second kappa shape index (κ2) is 6.40. The van der Waals surface area contributed by atoms with Crippen LogP contribution < -0.4 is 16.4 Å². The second-order valence-corrected chi connectivity index (χ2v) is 4.92.